The second-order valence-electron chi connectivity index (χ2n) is 9.60. The minimum atomic E-state index is -3.56. The molecule has 0 amide bonds. The molecule has 2 fully saturated rings. The van der Waals surface area contributed by atoms with E-state index in [0.717, 1.165) is 63.6 Å². The Balaban J connectivity index is 1.72. The minimum absolute atomic E-state index is 0.144. The monoisotopic (exact) mass is 469 g/mol. The van der Waals surface area contributed by atoms with Gasteiger partial charge in [0.05, 0.1) is 21.9 Å². The zero-order valence-corrected chi connectivity index (χ0v) is 20.1. The summed E-state index contributed by atoms with van der Waals surface area (Å²) in [6.45, 7) is 5.28. The van der Waals surface area contributed by atoms with Crippen LogP contribution < -0.4 is 10.5 Å². The summed E-state index contributed by atoms with van der Waals surface area (Å²) < 4.78 is 32.8. The average molecular weight is 470 g/mol. The summed E-state index contributed by atoms with van der Waals surface area (Å²) in [7, 11) is -3.56. The van der Waals surface area contributed by atoms with E-state index in [2.05, 4.69) is 15.0 Å². The number of benzene rings is 1. The minimum Gasteiger partial charge on any atom is -0.367 e. The quantitative estimate of drug-likeness (QED) is 0.579. The van der Waals surface area contributed by atoms with E-state index >= 15 is 0 Å². The van der Waals surface area contributed by atoms with Crippen molar-refractivity contribution in [3.63, 3.8) is 0 Å². The van der Waals surface area contributed by atoms with Crippen LogP contribution >= 0.6 is 0 Å². The highest BCUT2D eigenvalue weighted by molar-refractivity contribution is 7.91. The fraction of sp³-hybridized carbons (Fsp3) is 0.520. The lowest BCUT2D eigenvalue weighted by atomic mass is 10.0. The smallest absolute Gasteiger partial charge is 0.271 e. The Morgan fingerprint density at radius 3 is 2.45 bits per heavy atom. The Kier molecular flexibility index (Phi) is 5.80. The van der Waals surface area contributed by atoms with E-state index in [1.165, 1.54) is 0 Å². The van der Waals surface area contributed by atoms with Gasteiger partial charge in [0.2, 0.25) is 0 Å². The van der Waals surface area contributed by atoms with Crippen LogP contribution in [-0.2, 0) is 9.84 Å². The maximum absolute atomic E-state index is 13.7. The van der Waals surface area contributed by atoms with Crippen LogP contribution in [0, 0.1) is 19.8 Å². The molecule has 176 valence electrons. The first kappa shape index (κ1) is 22.2. The van der Waals surface area contributed by atoms with Gasteiger partial charge < -0.3 is 14.4 Å². The SMILES string of the molecule is Cc1noc(C)c1-c1cc(S(=O)(=O)CC2CCCC2)c2cc(N3CCCCC3)c(=O)[nH]c2c1. The average Bonchev–Trinajstić information content (AvgIpc) is 3.41. The maximum Gasteiger partial charge on any atom is 0.271 e. The summed E-state index contributed by atoms with van der Waals surface area (Å²) in [5.74, 6) is 0.959. The third-order valence-electron chi connectivity index (χ3n) is 7.19. The molecule has 2 aliphatic rings. The Morgan fingerprint density at radius 1 is 1.06 bits per heavy atom. The molecule has 33 heavy (non-hydrogen) atoms. The molecule has 0 bridgehead atoms. The molecule has 5 rings (SSSR count). The van der Waals surface area contributed by atoms with Crippen molar-refractivity contribution >= 4 is 26.4 Å². The number of aromatic amines is 1. The number of aromatic nitrogens is 2. The van der Waals surface area contributed by atoms with Gasteiger partial charge in [-0.25, -0.2) is 8.42 Å². The number of fused-ring (bicyclic) bond motifs is 1. The molecule has 0 spiro atoms. The van der Waals surface area contributed by atoms with Crippen molar-refractivity contribution in [1.82, 2.24) is 10.1 Å². The number of rotatable bonds is 5. The number of nitrogens with one attached hydrogen (secondary N) is 1. The number of nitrogens with zero attached hydrogens (tertiary/aromatic N) is 2. The van der Waals surface area contributed by atoms with Crippen molar-refractivity contribution < 1.29 is 12.9 Å². The van der Waals surface area contributed by atoms with Crippen molar-refractivity contribution in [1.29, 1.82) is 0 Å². The summed E-state index contributed by atoms with van der Waals surface area (Å²) in [5, 5.41) is 4.62. The molecule has 1 aromatic carbocycles. The van der Waals surface area contributed by atoms with Gasteiger partial charge in [0, 0.05) is 24.0 Å². The van der Waals surface area contributed by atoms with Gasteiger partial charge in [0.15, 0.2) is 9.84 Å². The molecule has 3 heterocycles. The van der Waals surface area contributed by atoms with Crippen molar-refractivity contribution in [3.8, 4) is 11.1 Å². The fourth-order valence-electron chi connectivity index (χ4n) is 5.51. The number of anilines is 1. The number of aryl methyl sites for hydroxylation is 2. The van der Waals surface area contributed by atoms with Gasteiger partial charge in [-0.1, -0.05) is 18.0 Å². The van der Waals surface area contributed by atoms with Crippen molar-refractivity contribution in [2.75, 3.05) is 23.7 Å². The first-order chi connectivity index (χ1) is 15.8. The number of piperidine rings is 1. The number of hydrogen-bond acceptors (Lipinski definition) is 6. The van der Waals surface area contributed by atoms with Gasteiger partial charge in [-0.15, -0.1) is 0 Å². The zero-order valence-electron chi connectivity index (χ0n) is 19.3. The van der Waals surface area contributed by atoms with Crippen LogP contribution in [0.2, 0.25) is 0 Å². The molecule has 1 aliphatic carbocycles. The Labute approximate surface area is 194 Å². The highest BCUT2D eigenvalue weighted by atomic mass is 32.2. The standard InChI is InChI=1S/C25H31N3O4S/c1-16-24(17(2)32-27-16)19-12-21-20(14-22(25(29)26-21)28-10-6-3-7-11-28)23(13-19)33(30,31)15-18-8-4-5-9-18/h12-14,18H,3-11,15H2,1-2H3,(H,26,29). The van der Waals surface area contributed by atoms with Gasteiger partial charge in [-0.3, -0.25) is 4.79 Å². The molecule has 2 aromatic heterocycles. The zero-order chi connectivity index (χ0) is 23.2. The molecule has 1 aliphatic heterocycles. The topological polar surface area (TPSA) is 96.3 Å². The molecule has 7 nitrogen and oxygen atoms in total. The first-order valence-corrected chi connectivity index (χ1v) is 13.6. The number of hydrogen-bond donors (Lipinski definition) is 1. The second kappa shape index (κ2) is 8.63. The van der Waals surface area contributed by atoms with E-state index in [9.17, 15) is 13.2 Å². The van der Waals surface area contributed by atoms with E-state index in [0.29, 0.717) is 33.6 Å². The van der Waals surface area contributed by atoms with Crippen molar-refractivity contribution in [3.05, 3.63) is 40.0 Å². The van der Waals surface area contributed by atoms with Crippen LogP contribution in [0.1, 0.15) is 56.4 Å². The Morgan fingerprint density at radius 2 is 1.79 bits per heavy atom. The van der Waals surface area contributed by atoms with Crippen molar-refractivity contribution in [2.45, 2.75) is 63.7 Å². The molecule has 0 radical (unpaired) electrons. The summed E-state index contributed by atoms with van der Waals surface area (Å²) in [5.41, 5.74) is 3.07. The number of sulfone groups is 1. The second-order valence-corrected chi connectivity index (χ2v) is 11.6. The lowest BCUT2D eigenvalue weighted by molar-refractivity contribution is 0.393. The fourth-order valence-corrected chi connectivity index (χ4v) is 7.46. The third-order valence-corrected chi connectivity index (χ3v) is 9.11. The van der Waals surface area contributed by atoms with Gasteiger partial charge in [-0.05, 0) is 75.6 Å². The summed E-state index contributed by atoms with van der Waals surface area (Å²) in [4.78, 5) is 18.4. The predicted octanol–water partition coefficient (Wildman–Crippen LogP) is 4.75. The molecule has 1 saturated carbocycles. The molecule has 0 atom stereocenters. The van der Waals surface area contributed by atoms with E-state index in [1.807, 2.05) is 19.9 Å². The highest BCUT2D eigenvalue weighted by Gasteiger charge is 2.28. The molecular formula is C25H31N3O4S. The van der Waals surface area contributed by atoms with Gasteiger partial charge in [0.25, 0.3) is 5.56 Å². The summed E-state index contributed by atoms with van der Waals surface area (Å²) in [6.07, 6.45) is 7.32. The van der Waals surface area contributed by atoms with Crippen molar-refractivity contribution in [2.24, 2.45) is 5.92 Å². The van der Waals surface area contributed by atoms with Gasteiger partial charge in [-0.2, -0.15) is 0 Å². The molecule has 3 aromatic rings. The number of H-pyrrole nitrogens is 1. The molecule has 0 unspecified atom stereocenters. The van der Waals surface area contributed by atoms with Crippen LogP contribution in [0.4, 0.5) is 5.69 Å². The van der Waals surface area contributed by atoms with E-state index < -0.39 is 9.84 Å². The van der Waals surface area contributed by atoms with Crippen LogP contribution in [0.15, 0.2) is 32.4 Å². The summed E-state index contributed by atoms with van der Waals surface area (Å²) >= 11 is 0. The van der Waals surface area contributed by atoms with Crippen LogP contribution in [-0.4, -0.2) is 37.4 Å². The van der Waals surface area contributed by atoms with E-state index in [1.54, 1.807) is 12.1 Å². The largest absolute Gasteiger partial charge is 0.367 e. The lowest BCUT2D eigenvalue weighted by Crippen LogP contribution is -2.33. The Bertz CT molecular complexity index is 1320. The predicted molar refractivity (Wildman–Crippen MR) is 130 cm³/mol. The first-order valence-electron chi connectivity index (χ1n) is 12.0. The van der Waals surface area contributed by atoms with Gasteiger partial charge in [0.1, 0.15) is 11.4 Å². The van der Waals surface area contributed by atoms with E-state index in [4.69, 9.17) is 4.52 Å². The van der Waals surface area contributed by atoms with Crippen LogP contribution in [0.3, 0.4) is 0 Å². The highest BCUT2D eigenvalue weighted by Crippen LogP contribution is 2.36. The maximum atomic E-state index is 13.7. The van der Waals surface area contributed by atoms with E-state index in [-0.39, 0.29) is 22.1 Å². The molecule has 1 N–H and O–H groups in total. The van der Waals surface area contributed by atoms with Gasteiger partial charge >= 0.3 is 0 Å². The molecule has 1 saturated heterocycles. The summed E-state index contributed by atoms with van der Waals surface area (Å²) in [6, 6.07) is 5.38. The van der Waals surface area contributed by atoms with Crippen LogP contribution in [0.25, 0.3) is 22.0 Å². The van der Waals surface area contributed by atoms with Crippen LogP contribution in [0.5, 0.6) is 0 Å². The molecular weight excluding hydrogens is 438 g/mol. The Hall–Kier alpha value is -2.61. The normalized spacial score (nSPS) is 17.8. The third kappa shape index (κ3) is 4.21. The number of pyridine rings is 1. The molecule has 8 heteroatoms. The lowest BCUT2D eigenvalue weighted by Gasteiger charge is -2.28.